The van der Waals surface area contributed by atoms with Gasteiger partial charge in [-0.15, -0.1) is 0 Å². The zero-order valence-corrected chi connectivity index (χ0v) is 17.3. The molecule has 2 aliphatic rings. The van der Waals surface area contributed by atoms with E-state index in [1.54, 1.807) is 6.07 Å². The molecule has 0 bridgehead atoms. The second-order valence-electron chi connectivity index (χ2n) is 7.68. The van der Waals surface area contributed by atoms with Gasteiger partial charge in [0.2, 0.25) is 5.95 Å². The molecule has 2 heterocycles. The number of hydrogen-bond acceptors (Lipinski definition) is 6. The van der Waals surface area contributed by atoms with Gasteiger partial charge in [-0.25, -0.2) is 27.7 Å². The minimum atomic E-state index is -3.19. The van der Waals surface area contributed by atoms with Crippen LogP contribution in [0.4, 0.5) is 23.5 Å². The lowest BCUT2D eigenvalue weighted by Crippen LogP contribution is -2.64. The van der Waals surface area contributed by atoms with E-state index in [0.717, 1.165) is 0 Å². The molecule has 30 heavy (non-hydrogen) atoms. The zero-order chi connectivity index (χ0) is 22.1. The second-order valence-corrected chi connectivity index (χ2v) is 9.81. The van der Waals surface area contributed by atoms with Crippen LogP contribution in [0, 0.1) is 4.78 Å². The van der Waals surface area contributed by atoms with Crippen molar-refractivity contribution in [3.05, 3.63) is 29.5 Å². The summed E-state index contributed by atoms with van der Waals surface area (Å²) < 4.78 is 81.8. The van der Waals surface area contributed by atoms with Crippen LogP contribution in [0.1, 0.15) is 24.6 Å². The highest BCUT2D eigenvalue weighted by atomic mass is 32.2. The third-order valence-electron chi connectivity index (χ3n) is 5.60. The summed E-state index contributed by atoms with van der Waals surface area (Å²) in [6.07, 6.45) is 0.793. The third-order valence-corrected chi connectivity index (χ3v) is 6.76. The highest BCUT2D eigenvalue weighted by Crippen LogP contribution is 2.46. The van der Waals surface area contributed by atoms with Crippen LogP contribution < -0.4 is 9.64 Å². The largest absolute Gasteiger partial charge is 0.495 e. The highest BCUT2D eigenvalue weighted by molar-refractivity contribution is 7.91. The Labute approximate surface area is 171 Å². The third kappa shape index (κ3) is 3.19. The first-order valence-corrected chi connectivity index (χ1v) is 11.2. The summed E-state index contributed by atoms with van der Waals surface area (Å²) in [6.45, 7) is 0.636. The summed E-state index contributed by atoms with van der Waals surface area (Å²) in [5.74, 6) is -6.10. The first-order valence-electron chi connectivity index (χ1n) is 9.21. The summed E-state index contributed by atoms with van der Waals surface area (Å²) >= 11 is 0. The minimum Gasteiger partial charge on any atom is -0.495 e. The topological polar surface area (TPSA) is 79.2 Å². The van der Waals surface area contributed by atoms with Crippen LogP contribution in [-0.4, -0.2) is 46.1 Å². The van der Waals surface area contributed by atoms with E-state index in [9.17, 15) is 21.8 Å². The predicted octanol–water partition coefficient (Wildman–Crippen LogP) is 4.07. The van der Waals surface area contributed by atoms with Crippen molar-refractivity contribution in [2.75, 3.05) is 24.8 Å². The molecule has 1 N–H and O–H groups in total. The summed E-state index contributed by atoms with van der Waals surface area (Å²) in [6, 6.07) is 3.26. The number of alkyl halides is 4. The molecule has 162 valence electrons. The number of rotatable bonds is 4. The van der Waals surface area contributed by atoms with Gasteiger partial charge in [-0.05, 0) is 31.5 Å². The van der Waals surface area contributed by atoms with Crippen LogP contribution in [0.3, 0.4) is 0 Å². The van der Waals surface area contributed by atoms with E-state index in [1.807, 2.05) is 0 Å². The molecule has 0 radical (unpaired) electrons. The smallest absolute Gasteiger partial charge is 0.290 e. The lowest BCUT2D eigenvalue weighted by molar-refractivity contribution is -0.0650. The molecular formula is C19H20F4N4O2S. The van der Waals surface area contributed by atoms with E-state index in [1.165, 1.54) is 37.3 Å². The van der Waals surface area contributed by atoms with Gasteiger partial charge >= 0.3 is 0 Å². The van der Waals surface area contributed by atoms with E-state index >= 15 is 0 Å². The lowest BCUT2D eigenvalue weighted by Gasteiger charge is -2.45. The molecule has 6 nitrogen and oxygen atoms in total. The first-order chi connectivity index (χ1) is 13.8. The van der Waals surface area contributed by atoms with Crippen LogP contribution in [0.5, 0.6) is 5.75 Å². The van der Waals surface area contributed by atoms with Crippen molar-refractivity contribution in [3.63, 3.8) is 0 Å². The van der Waals surface area contributed by atoms with Crippen molar-refractivity contribution in [2.24, 2.45) is 0 Å². The number of anilines is 1. The van der Waals surface area contributed by atoms with E-state index < -0.39 is 46.3 Å². The Morgan fingerprint density at radius 2 is 1.97 bits per heavy atom. The van der Waals surface area contributed by atoms with E-state index in [0.29, 0.717) is 5.56 Å². The first kappa shape index (κ1) is 20.8. The molecule has 1 aliphatic carbocycles. The molecular weight excluding hydrogens is 424 g/mol. The molecule has 1 saturated heterocycles. The monoisotopic (exact) mass is 444 g/mol. The molecule has 2 atom stereocenters. The Morgan fingerprint density at radius 3 is 2.53 bits per heavy atom. The Morgan fingerprint density at radius 1 is 1.27 bits per heavy atom. The molecule has 1 fully saturated rings. The average molecular weight is 444 g/mol. The van der Waals surface area contributed by atoms with E-state index in [-0.39, 0.29) is 34.3 Å². The lowest BCUT2D eigenvalue weighted by atomic mass is 10.0. The minimum absolute atomic E-state index is 0.0212. The SMILES string of the molecule is COc1ccc(-c2nc(N3CC(F)(F)[C@@H]3C)nc3c2CCC3(F)F)cc1[S@@](C)(=N)=O. The maximum atomic E-state index is 14.5. The van der Waals surface area contributed by atoms with Crippen LogP contribution in [0.2, 0.25) is 0 Å². The van der Waals surface area contributed by atoms with Crippen molar-refractivity contribution in [2.45, 2.75) is 42.5 Å². The van der Waals surface area contributed by atoms with Crippen molar-refractivity contribution in [3.8, 4) is 17.0 Å². The van der Waals surface area contributed by atoms with Crippen LogP contribution >= 0.6 is 0 Å². The number of methoxy groups -OCH3 is 1. The van der Waals surface area contributed by atoms with Crippen molar-refractivity contribution < 1.29 is 26.5 Å². The molecule has 0 saturated carbocycles. The van der Waals surface area contributed by atoms with E-state index in [4.69, 9.17) is 9.52 Å². The molecule has 11 heteroatoms. The molecule has 0 spiro atoms. The maximum absolute atomic E-state index is 14.5. The molecule has 1 aliphatic heterocycles. The fourth-order valence-electron chi connectivity index (χ4n) is 3.76. The Kier molecular flexibility index (Phi) is 4.53. The van der Waals surface area contributed by atoms with E-state index in [2.05, 4.69) is 9.97 Å². The Hall–Kier alpha value is -2.43. The normalized spacial score (nSPS) is 23.4. The van der Waals surface area contributed by atoms with Gasteiger partial charge < -0.3 is 9.64 Å². The molecule has 1 aromatic carbocycles. The summed E-state index contributed by atoms with van der Waals surface area (Å²) in [7, 11) is -1.81. The van der Waals surface area contributed by atoms with Gasteiger partial charge in [0.15, 0.2) is 0 Å². The van der Waals surface area contributed by atoms with Crippen molar-refractivity contribution >= 4 is 15.7 Å². The number of hydrogen-bond donors (Lipinski definition) is 1. The number of nitrogens with one attached hydrogen (secondary N) is 1. The molecule has 2 aromatic rings. The number of fused-ring (bicyclic) bond motifs is 1. The number of halogens is 4. The molecule has 0 amide bonds. The van der Waals surface area contributed by atoms with Crippen molar-refractivity contribution in [1.82, 2.24) is 9.97 Å². The highest BCUT2D eigenvalue weighted by Gasteiger charge is 2.54. The second kappa shape index (κ2) is 6.53. The van der Waals surface area contributed by atoms with Crippen LogP contribution in [-0.2, 0) is 22.1 Å². The summed E-state index contributed by atoms with van der Waals surface area (Å²) in [4.78, 5) is 9.59. The fraction of sp³-hybridized carbons (Fsp3) is 0.474. The van der Waals surface area contributed by atoms with Gasteiger partial charge in [0.1, 0.15) is 11.4 Å². The van der Waals surface area contributed by atoms with Crippen LogP contribution in [0.15, 0.2) is 23.1 Å². The van der Waals surface area contributed by atoms with Gasteiger partial charge in [-0.3, -0.25) is 0 Å². The Balaban J connectivity index is 1.91. The predicted molar refractivity (Wildman–Crippen MR) is 103 cm³/mol. The maximum Gasteiger partial charge on any atom is 0.290 e. The van der Waals surface area contributed by atoms with Gasteiger partial charge in [0.05, 0.1) is 40.0 Å². The number of ether oxygens (including phenoxy) is 1. The fourth-order valence-corrected chi connectivity index (χ4v) is 4.65. The molecule has 1 aromatic heterocycles. The zero-order valence-electron chi connectivity index (χ0n) is 16.5. The van der Waals surface area contributed by atoms with Gasteiger partial charge in [-0.1, -0.05) is 0 Å². The molecule has 4 rings (SSSR count). The Bertz CT molecular complexity index is 1140. The summed E-state index contributed by atoms with van der Waals surface area (Å²) in [5.41, 5.74) is 0.282. The summed E-state index contributed by atoms with van der Waals surface area (Å²) in [5, 5.41) is 0. The standard InChI is InChI=1S/C19H20F4N4O2S/c1-10-19(22,23)9-27(10)17-25-15(12-6-7-18(20,21)16(12)26-17)11-4-5-13(29-2)14(8-11)30(3,24)28/h4-5,8,10,24H,6-7,9H2,1-3H3/t10-,30-/m0/s1. The quantitative estimate of drug-likeness (QED) is 0.720. The number of nitrogens with zero attached hydrogens (tertiary/aromatic N) is 3. The van der Waals surface area contributed by atoms with Gasteiger partial charge in [0.25, 0.3) is 11.8 Å². The molecule has 0 unspecified atom stereocenters. The number of aromatic nitrogens is 2. The van der Waals surface area contributed by atoms with Gasteiger partial charge in [-0.2, -0.15) is 8.78 Å². The van der Waals surface area contributed by atoms with Crippen LogP contribution in [0.25, 0.3) is 11.3 Å². The number of benzene rings is 1. The van der Waals surface area contributed by atoms with Crippen molar-refractivity contribution in [1.29, 1.82) is 4.78 Å². The average Bonchev–Trinajstić information content (AvgIpc) is 2.99. The van der Waals surface area contributed by atoms with Gasteiger partial charge in [0, 0.05) is 23.8 Å².